The van der Waals surface area contributed by atoms with Gasteiger partial charge in [0.1, 0.15) is 0 Å². The van der Waals surface area contributed by atoms with Crippen molar-refractivity contribution in [1.82, 2.24) is 0 Å². The molecule has 0 unspecified atom stereocenters. The maximum Gasteiger partial charge on any atom is 0.335 e. The smallest absolute Gasteiger partial charge is 0.335 e. The lowest BCUT2D eigenvalue weighted by atomic mass is 10.1. The molecule has 8 heteroatoms. The first-order chi connectivity index (χ1) is 11.8. The number of nitro groups is 1. The molecule has 0 fully saturated rings. The van der Waals surface area contributed by atoms with Crippen LogP contribution >= 0.6 is 0 Å². The molecule has 1 amide bonds. The third kappa shape index (κ3) is 4.54. The molecule has 0 bridgehead atoms. The van der Waals surface area contributed by atoms with E-state index in [4.69, 9.17) is 9.84 Å². The van der Waals surface area contributed by atoms with E-state index in [1.165, 1.54) is 6.07 Å². The summed E-state index contributed by atoms with van der Waals surface area (Å²) in [7, 11) is 0. The molecule has 0 atom stereocenters. The SMILES string of the molecule is Cc1ccc(NC(=O)COc2ccc(C(=O)O)cc2[N+](=O)[O-])cc1C. The van der Waals surface area contributed by atoms with Crippen LogP contribution in [0.4, 0.5) is 11.4 Å². The Labute approximate surface area is 143 Å². The summed E-state index contributed by atoms with van der Waals surface area (Å²) < 4.78 is 5.17. The number of rotatable bonds is 6. The number of carbonyl (C=O) groups excluding carboxylic acids is 1. The van der Waals surface area contributed by atoms with E-state index in [1.54, 1.807) is 12.1 Å². The number of aromatic carboxylic acids is 1. The maximum atomic E-state index is 11.9. The Morgan fingerprint density at radius 1 is 1.16 bits per heavy atom. The van der Waals surface area contributed by atoms with Crippen LogP contribution in [-0.4, -0.2) is 28.5 Å². The minimum Gasteiger partial charge on any atom is -0.478 e. The zero-order valence-electron chi connectivity index (χ0n) is 13.6. The van der Waals surface area contributed by atoms with Crippen molar-refractivity contribution in [2.75, 3.05) is 11.9 Å². The monoisotopic (exact) mass is 344 g/mol. The van der Waals surface area contributed by atoms with E-state index in [2.05, 4.69) is 5.32 Å². The molecular formula is C17H16N2O6. The topological polar surface area (TPSA) is 119 Å². The van der Waals surface area contributed by atoms with Gasteiger partial charge in [-0.3, -0.25) is 14.9 Å². The van der Waals surface area contributed by atoms with Crippen LogP contribution < -0.4 is 10.1 Å². The van der Waals surface area contributed by atoms with Crippen LogP contribution in [0, 0.1) is 24.0 Å². The molecule has 0 saturated carbocycles. The van der Waals surface area contributed by atoms with Crippen molar-refractivity contribution in [3.63, 3.8) is 0 Å². The van der Waals surface area contributed by atoms with Gasteiger partial charge < -0.3 is 15.2 Å². The summed E-state index contributed by atoms with van der Waals surface area (Å²) in [5.74, 6) is -1.95. The zero-order valence-corrected chi connectivity index (χ0v) is 13.6. The fourth-order valence-corrected chi connectivity index (χ4v) is 2.07. The van der Waals surface area contributed by atoms with Gasteiger partial charge >= 0.3 is 11.7 Å². The molecule has 0 heterocycles. The molecular weight excluding hydrogens is 328 g/mol. The largest absolute Gasteiger partial charge is 0.478 e. The Hall–Kier alpha value is -3.42. The number of anilines is 1. The molecule has 2 rings (SSSR count). The summed E-state index contributed by atoms with van der Waals surface area (Å²) in [5, 5.41) is 22.5. The highest BCUT2D eigenvalue weighted by atomic mass is 16.6. The second kappa shape index (κ2) is 7.43. The lowest BCUT2D eigenvalue weighted by Crippen LogP contribution is -2.20. The summed E-state index contributed by atoms with van der Waals surface area (Å²) in [6, 6.07) is 8.62. The average molecular weight is 344 g/mol. The second-order valence-electron chi connectivity index (χ2n) is 5.38. The molecule has 8 nitrogen and oxygen atoms in total. The van der Waals surface area contributed by atoms with Gasteiger partial charge in [0.25, 0.3) is 5.91 Å². The zero-order chi connectivity index (χ0) is 18.6. The fourth-order valence-electron chi connectivity index (χ4n) is 2.07. The average Bonchev–Trinajstić information content (AvgIpc) is 2.56. The molecule has 0 aromatic heterocycles. The van der Waals surface area contributed by atoms with Crippen molar-refractivity contribution in [1.29, 1.82) is 0 Å². The summed E-state index contributed by atoms with van der Waals surface area (Å²) in [6.45, 7) is 3.42. The Balaban J connectivity index is 2.07. The van der Waals surface area contributed by atoms with Gasteiger partial charge in [0.15, 0.2) is 12.4 Å². The lowest BCUT2D eigenvalue weighted by molar-refractivity contribution is -0.385. The van der Waals surface area contributed by atoms with Crippen LogP contribution in [0.15, 0.2) is 36.4 Å². The Bertz CT molecular complexity index is 847. The van der Waals surface area contributed by atoms with E-state index in [0.717, 1.165) is 23.3 Å². The number of carboxylic acids is 1. The number of hydrogen-bond acceptors (Lipinski definition) is 5. The molecule has 0 spiro atoms. The van der Waals surface area contributed by atoms with Crippen molar-refractivity contribution in [2.24, 2.45) is 0 Å². The minimum atomic E-state index is -1.29. The number of hydrogen-bond donors (Lipinski definition) is 2. The Kier molecular flexibility index (Phi) is 5.33. The number of amides is 1. The lowest BCUT2D eigenvalue weighted by Gasteiger charge is -2.09. The van der Waals surface area contributed by atoms with Gasteiger partial charge in [-0.2, -0.15) is 0 Å². The van der Waals surface area contributed by atoms with Crippen LogP contribution in [0.25, 0.3) is 0 Å². The minimum absolute atomic E-state index is 0.176. The predicted octanol–water partition coefficient (Wildman–Crippen LogP) is 2.93. The third-order valence-electron chi connectivity index (χ3n) is 3.55. The van der Waals surface area contributed by atoms with Gasteiger partial charge in [0, 0.05) is 11.8 Å². The van der Waals surface area contributed by atoms with Crippen molar-refractivity contribution in [2.45, 2.75) is 13.8 Å². The van der Waals surface area contributed by atoms with Gasteiger partial charge in [-0.05, 0) is 49.2 Å². The number of nitro benzene ring substituents is 1. The molecule has 130 valence electrons. The van der Waals surface area contributed by atoms with Gasteiger partial charge in [-0.25, -0.2) is 4.79 Å². The first kappa shape index (κ1) is 17.9. The number of nitrogens with zero attached hydrogens (tertiary/aromatic N) is 1. The third-order valence-corrected chi connectivity index (χ3v) is 3.55. The van der Waals surface area contributed by atoms with Crippen molar-refractivity contribution in [3.05, 3.63) is 63.2 Å². The van der Waals surface area contributed by atoms with Gasteiger partial charge in [-0.1, -0.05) is 6.07 Å². The highest BCUT2D eigenvalue weighted by molar-refractivity contribution is 5.92. The highest BCUT2D eigenvalue weighted by Gasteiger charge is 2.19. The summed E-state index contributed by atoms with van der Waals surface area (Å²) in [4.78, 5) is 33.1. The second-order valence-corrected chi connectivity index (χ2v) is 5.38. The fraction of sp³-hybridized carbons (Fsp3) is 0.176. The summed E-state index contributed by atoms with van der Waals surface area (Å²) in [6.07, 6.45) is 0. The number of aryl methyl sites for hydroxylation is 2. The first-order valence-electron chi connectivity index (χ1n) is 7.29. The molecule has 0 aliphatic heterocycles. The van der Waals surface area contributed by atoms with Gasteiger partial charge in [0.05, 0.1) is 10.5 Å². The van der Waals surface area contributed by atoms with E-state index in [0.29, 0.717) is 5.69 Å². The van der Waals surface area contributed by atoms with E-state index in [-0.39, 0.29) is 11.3 Å². The van der Waals surface area contributed by atoms with Gasteiger partial charge in [0.2, 0.25) is 0 Å². The quantitative estimate of drug-likeness (QED) is 0.614. The van der Waals surface area contributed by atoms with E-state index in [9.17, 15) is 19.7 Å². The van der Waals surface area contributed by atoms with Crippen molar-refractivity contribution in [3.8, 4) is 5.75 Å². The predicted molar refractivity (Wildman–Crippen MR) is 90.1 cm³/mol. The normalized spacial score (nSPS) is 10.2. The molecule has 2 N–H and O–H groups in total. The molecule has 0 radical (unpaired) electrons. The van der Waals surface area contributed by atoms with Crippen LogP contribution in [0.3, 0.4) is 0 Å². The molecule has 2 aromatic rings. The number of benzene rings is 2. The van der Waals surface area contributed by atoms with Crippen molar-refractivity contribution >= 4 is 23.3 Å². The molecule has 0 saturated heterocycles. The summed E-state index contributed by atoms with van der Waals surface area (Å²) in [5.41, 5.74) is 1.94. The number of carboxylic acid groups (broad SMARTS) is 1. The number of nitrogens with one attached hydrogen (secondary N) is 1. The van der Waals surface area contributed by atoms with Crippen LogP contribution in [0.5, 0.6) is 5.75 Å². The van der Waals surface area contributed by atoms with Crippen LogP contribution in [0.1, 0.15) is 21.5 Å². The number of carbonyl (C=O) groups is 2. The molecule has 2 aromatic carbocycles. The first-order valence-corrected chi connectivity index (χ1v) is 7.29. The number of ether oxygens (including phenoxy) is 1. The molecule has 25 heavy (non-hydrogen) atoms. The molecule has 0 aliphatic carbocycles. The van der Waals surface area contributed by atoms with Crippen molar-refractivity contribution < 1.29 is 24.4 Å². The van der Waals surface area contributed by atoms with E-state index >= 15 is 0 Å². The van der Waals surface area contributed by atoms with Crippen LogP contribution in [-0.2, 0) is 4.79 Å². The van der Waals surface area contributed by atoms with E-state index in [1.807, 2.05) is 19.9 Å². The Morgan fingerprint density at radius 3 is 2.48 bits per heavy atom. The summed E-state index contributed by atoms with van der Waals surface area (Å²) >= 11 is 0. The molecule has 0 aliphatic rings. The highest BCUT2D eigenvalue weighted by Crippen LogP contribution is 2.28. The Morgan fingerprint density at radius 2 is 1.88 bits per heavy atom. The van der Waals surface area contributed by atoms with Crippen LogP contribution in [0.2, 0.25) is 0 Å². The van der Waals surface area contributed by atoms with E-state index < -0.39 is 29.1 Å². The maximum absolute atomic E-state index is 11.9. The standard InChI is InChI=1S/C17H16N2O6/c1-10-3-5-13(7-11(10)2)18-16(20)9-25-15-6-4-12(17(21)22)8-14(15)19(23)24/h3-8H,9H2,1-2H3,(H,18,20)(H,21,22). The van der Waals surface area contributed by atoms with Gasteiger partial charge in [-0.15, -0.1) is 0 Å².